The summed E-state index contributed by atoms with van der Waals surface area (Å²) >= 11 is 6.67. The fourth-order valence-electron chi connectivity index (χ4n) is 5.28. The Hall–Kier alpha value is -2.88. The van der Waals surface area contributed by atoms with Crippen LogP contribution in [-0.4, -0.2) is 53.6 Å². The smallest absolute Gasteiger partial charge is 0.353 e. The van der Waals surface area contributed by atoms with Crippen LogP contribution in [0.5, 0.6) is 0 Å². The van der Waals surface area contributed by atoms with E-state index in [1.54, 1.807) is 13.1 Å². The Morgan fingerprint density at radius 2 is 1.83 bits per heavy atom. The number of halogens is 1. The van der Waals surface area contributed by atoms with E-state index in [-0.39, 0.29) is 28.2 Å². The number of para-hydroxylation sites is 1. The van der Waals surface area contributed by atoms with Crippen molar-refractivity contribution in [2.75, 3.05) is 18.5 Å². The van der Waals surface area contributed by atoms with Crippen LogP contribution < -0.4 is 4.90 Å². The number of likely N-dealkylation sites (N-methyl/N-ethyl adjacent to an activating group) is 1. The summed E-state index contributed by atoms with van der Waals surface area (Å²) in [5.41, 5.74) is 1.91. The molecule has 2 N–H and O–H groups in total. The average Bonchev–Trinajstić information content (AvgIpc) is 3.33. The van der Waals surface area contributed by atoms with E-state index >= 15 is 0 Å². The highest BCUT2D eigenvalue weighted by Gasteiger charge is 2.41. The van der Waals surface area contributed by atoms with Crippen LogP contribution in [0.15, 0.2) is 53.4 Å². The van der Waals surface area contributed by atoms with Crippen molar-refractivity contribution in [3.63, 3.8) is 0 Å². The summed E-state index contributed by atoms with van der Waals surface area (Å²) < 4.78 is 29.5. The fourth-order valence-corrected chi connectivity index (χ4v) is 7.14. The third kappa shape index (κ3) is 4.32. The summed E-state index contributed by atoms with van der Waals surface area (Å²) in [6.45, 7) is 0.513. The normalized spacial score (nSPS) is 20.9. The Kier molecular flexibility index (Phi) is 6.33. The van der Waals surface area contributed by atoms with Crippen molar-refractivity contribution >= 4 is 39.0 Å². The second-order valence-corrected chi connectivity index (χ2v) is 11.6. The SMILES string of the molecule is CN1[C@H](C2CCCCC2)CN(c2ccccc2)c2cc(Cl)c(-c3cc(C(=O)O)[nH]n3)cc2S1(=O)=O. The first kappa shape index (κ1) is 23.8. The number of carboxylic acid groups (broad SMARTS) is 1. The van der Waals surface area contributed by atoms with Crippen molar-refractivity contribution in [2.24, 2.45) is 5.92 Å². The van der Waals surface area contributed by atoms with Gasteiger partial charge in [-0.1, -0.05) is 49.1 Å². The summed E-state index contributed by atoms with van der Waals surface area (Å²) in [6, 6.07) is 14.1. The maximum absolute atomic E-state index is 14.0. The largest absolute Gasteiger partial charge is 0.477 e. The van der Waals surface area contributed by atoms with Crippen molar-refractivity contribution in [3.8, 4) is 11.3 Å². The Morgan fingerprint density at radius 1 is 1.11 bits per heavy atom. The summed E-state index contributed by atoms with van der Waals surface area (Å²) in [7, 11) is -2.21. The van der Waals surface area contributed by atoms with Crippen LogP contribution in [0, 0.1) is 5.92 Å². The van der Waals surface area contributed by atoms with E-state index in [0.717, 1.165) is 31.4 Å². The molecule has 10 heteroatoms. The molecule has 1 saturated carbocycles. The van der Waals surface area contributed by atoms with Gasteiger partial charge < -0.3 is 10.0 Å². The number of carboxylic acids is 1. The maximum Gasteiger partial charge on any atom is 0.353 e. The Labute approximate surface area is 209 Å². The van der Waals surface area contributed by atoms with Crippen molar-refractivity contribution in [2.45, 2.75) is 43.0 Å². The van der Waals surface area contributed by atoms with E-state index in [0.29, 0.717) is 22.8 Å². The first-order valence-corrected chi connectivity index (χ1v) is 13.5. The van der Waals surface area contributed by atoms with Crippen LogP contribution in [0.2, 0.25) is 5.02 Å². The van der Waals surface area contributed by atoms with E-state index in [4.69, 9.17) is 11.6 Å². The van der Waals surface area contributed by atoms with Gasteiger partial charge in [0.25, 0.3) is 0 Å². The number of aromatic nitrogens is 2. The molecule has 0 bridgehead atoms. The summed E-state index contributed by atoms with van der Waals surface area (Å²) in [5.74, 6) is -0.893. The number of rotatable bonds is 4. The number of anilines is 2. The minimum absolute atomic E-state index is 0.103. The van der Waals surface area contributed by atoms with Gasteiger partial charge in [-0.05, 0) is 49.1 Å². The first-order chi connectivity index (χ1) is 16.8. The lowest BCUT2D eigenvalue weighted by Crippen LogP contribution is -2.46. The van der Waals surface area contributed by atoms with Gasteiger partial charge in [-0.25, -0.2) is 13.2 Å². The molecule has 0 unspecified atom stereocenters. The van der Waals surface area contributed by atoms with Gasteiger partial charge in [-0.15, -0.1) is 0 Å². The van der Waals surface area contributed by atoms with Gasteiger partial charge in [-0.3, -0.25) is 5.10 Å². The zero-order chi connectivity index (χ0) is 24.7. The zero-order valence-corrected chi connectivity index (χ0v) is 20.9. The van der Waals surface area contributed by atoms with E-state index < -0.39 is 16.0 Å². The molecule has 2 heterocycles. The first-order valence-electron chi connectivity index (χ1n) is 11.7. The molecule has 0 amide bonds. The van der Waals surface area contributed by atoms with Crippen LogP contribution in [-0.2, 0) is 10.0 Å². The molecule has 1 aliphatic heterocycles. The number of aromatic amines is 1. The monoisotopic (exact) mass is 514 g/mol. The van der Waals surface area contributed by atoms with Crippen molar-refractivity contribution in [1.82, 2.24) is 14.5 Å². The highest BCUT2D eigenvalue weighted by atomic mass is 35.5. The molecule has 1 fully saturated rings. The topological polar surface area (TPSA) is 107 Å². The molecule has 0 saturated heterocycles. The molecular weight excluding hydrogens is 488 g/mol. The Balaban J connectivity index is 1.69. The lowest BCUT2D eigenvalue weighted by atomic mass is 9.83. The lowest BCUT2D eigenvalue weighted by Gasteiger charge is -2.36. The minimum Gasteiger partial charge on any atom is -0.477 e. The van der Waals surface area contributed by atoms with E-state index in [1.807, 2.05) is 35.2 Å². The number of aromatic carboxylic acids is 1. The predicted octanol–water partition coefficient (Wildman–Crippen LogP) is 5.15. The highest BCUT2D eigenvalue weighted by molar-refractivity contribution is 7.89. The van der Waals surface area contributed by atoms with E-state index in [2.05, 4.69) is 10.2 Å². The molecule has 5 rings (SSSR count). The number of carbonyl (C=O) groups is 1. The molecule has 1 aliphatic carbocycles. The standard InChI is InChI=1S/C25H27ClN4O4S/c1-29-23(16-8-4-2-5-9-16)15-30(17-10-6-3-7-11-17)22-13-19(26)18(12-24(22)35(29,33)34)20-14-21(25(31)32)28-27-20/h3,6-7,10-14,16,23H,2,4-5,8-9,15H2,1H3,(H,27,28)(H,31,32)/t23-/m0/s1. The summed E-state index contributed by atoms with van der Waals surface area (Å²) in [5, 5.41) is 16.1. The third-order valence-electron chi connectivity index (χ3n) is 7.18. The molecule has 1 atom stereocenters. The third-order valence-corrected chi connectivity index (χ3v) is 9.40. The average molecular weight is 515 g/mol. The molecule has 35 heavy (non-hydrogen) atoms. The second-order valence-electron chi connectivity index (χ2n) is 9.20. The van der Waals surface area contributed by atoms with Gasteiger partial charge in [0.15, 0.2) is 0 Å². The number of H-pyrrole nitrogens is 1. The van der Waals surface area contributed by atoms with Crippen LogP contribution in [0.25, 0.3) is 11.3 Å². The lowest BCUT2D eigenvalue weighted by molar-refractivity contribution is 0.0690. The number of fused-ring (bicyclic) bond motifs is 1. The molecule has 184 valence electrons. The number of hydrogen-bond acceptors (Lipinski definition) is 5. The van der Waals surface area contributed by atoms with Gasteiger partial charge in [-0.2, -0.15) is 9.40 Å². The minimum atomic E-state index is -3.87. The van der Waals surface area contributed by atoms with E-state index in [9.17, 15) is 18.3 Å². The molecule has 8 nitrogen and oxygen atoms in total. The molecule has 2 aliphatic rings. The highest BCUT2D eigenvalue weighted by Crippen LogP contribution is 2.44. The van der Waals surface area contributed by atoms with Crippen LogP contribution >= 0.6 is 11.6 Å². The quantitative estimate of drug-likeness (QED) is 0.498. The van der Waals surface area contributed by atoms with Crippen molar-refractivity contribution in [3.05, 3.63) is 59.2 Å². The van der Waals surface area contributed by atoms with E-state index in [1.165, 1.54) is 22.9 Å². The molecule has 0 radical (unpaired) electrons. The van der Waals surface area contributed by atoms with Gasteiger partial charge in [0.05, 0.1) is 16.4 Å². The van der Waals surface area contributed by atoms with Gasteiger partial charge in [0, 0.05) is 30.9 Å². The summed E-state index contributed by atoms with van der Waals surface area (Å²) in [6.07, 6.45) is 5.40. The number of benzene rings is 2. The van der Waals surface area contributed by atoms with Crippen LogP contribution in [0.3, 0.4) is 0 Å². The fraction of sp³-hybridized carbons (Fsp3) is 0.360. The Bertz CT molecular complexity index is 1350. The van der Waals surface area contributed by atoms with Gasteiger partial charge >= 0.3 is 5.97 Å². The number of nitrogens with zero attached hydrogens (tertiary/aromatic N) is 3. The summed E-state index contributed by atoms with van der Waals surface area (Å²) in [4.78, 5) is 13.5. The predicted molar refractivity (Wildman–Crippen MR) is 135 cm³/mol. The molecule has 0 spiro atoms. The maximum atomic E-state index is 14.0. The number of sulfonamides is 1. The Morgan fingerprint density at radius 3 is 2.49 bits per heavy atom. The molecule has 1 aromatic heterocycles. The van der Waals surface area contributed by atoms with Gasteiger partial charge in [0.1, 0.15) is 10.6 Å². The van der Waals surface area contributed by atoms with Gasteiger partial charge in [0.2, 0.25) is 10.0 Å². The number of hydrogen-bond donors (Lipinski definition) is 2. The van der Waals surface area contributed by atoms with Crippen molar-refractivity contribution in [1.29, 1.82) is 0 Å². The molecule has 3 aromatic rings. The molecular formula is C25H27ClN4O4S. The van der Waals surface area contributed by atoms with Crippen LogP contribution in [0.1, 0.15) is 42.6 Å². The second kappa shape index (κ2) is 9.29. The number of nitrogens with one attached hydrogen (secondary N) is 1. The van der Waals surface area contributed by atoms with Crippen LogP contribution in [0.4, 0.5) is 11.4 Å². The molecule has 2 aromatic carbocycles. The zero-order valence-electron chi connectivity index (χ0n) is 19.3. The van der Waals surface area contributed by atoms with Crippen molar-refractivity contribution < 1.29 is 18.3 Å².